The molecule has 0 saturated carbocycles. The maximum Gasteiger partial charge on any atom is 0.275 e. The number of aromatic nitrogens is 2. The van der Waals surface area contributed by atoms with Crippen molar-refractivity contribution < 1.29 is 9.53 Å². The Morgan fingerprint density at radius 2 is 2.04 bits per heavy atom. The van der Waals surface area contributed by atoms with Crippen LogP contribution in [-0.2, 0) is 18.3 Å². The summed E-state index contributed by atoms with van der Waals surface area (Å²) in [4.78, 5) is 25.9. The number of amides is 1. The van der Waals surface area contributed by atoms with E-state index in [1.807, 2.05) is 35.9 Å². The average Bonchev–Trinajstić information content (AvgIpc) is 2.95. The molecule has 6 heteroatoms. The molecule has 0 aliphatic carbocycles. The summed E-state index contributed by atoms with van der Waals surface area (Å²) in [5.41, 5.74) is 1.90. The van der Waals surface area contributed by atoms with Gasteiger partial charge in [-0.2, -0.15) is 0 Å². The van der Waals surface area contributed by atoms with Crippen LogP contribution in [0.25, 0.3) is 21.8 Å². The summed E-state index contributed by atoms with van der Waals surface area (Å²) >= 11 is 0. The van der Waals surface area contributed by atoms with Gasteiger partial charge in [0, 0.05) is 49.7 Å². The van der Waals surface area contributed by atoms with E-state index in [1.54, 1.807) is 17.9 Å². The second-order valence-electron chi connectivity index (χ2n) is 6.44. The van der Waals surface area contributed by atoms with Crippen LogP contribution in [0, 0.1) is 0 Å². The molecule has 0 radical (unpaired) electrons. The van der Waals surface area contributed by atoms with Gasteiger partial charge in [0.2, 0.25) is 0 Å². The number of nitrogens with zero attached hydrogens (tertiary/aromatic N) is 2. The lowest BCUT2D eigenvalue weighted by atomic mass is 10.1. The number of hydrogen-bond donors (Lipinski definition) is 1. The number of ether oxygens (including phenoxy) is 1. The molecule has 0 aliphatic rings. The van der Waals surface area contributed by atoms with Crippen LogP contribution in [0.3, 0.4) is 0 Å². The molecule has 1 amide bonds. The third kappa shape index (κ3) is 3.12. The van der Waals surface area contributed by atoms with Gasteiger partial charge in [0.15, 0.2) is 0 Å². The highest BCUT2D eigenvalue weighted by molar-refractivity contribution is 6.17. The fourth-order valence-corrected chi connectivity index (χ4v) is 3.33. The van der Waals surface area contributed by atoms with E-state index in [1.165, 1.54) is 0 Å². The molecule has 0 spiro atoms. The molecule has 3 rings (SSSR count). The first-order valence-corrected chi connectivity index (χ1v) is 8.97. The Morgan fingerprint density at radius 3 is 2.77 bits per heavy atom. The highest BCUT2D eigenvalue weighted by atomic mass is 16.5. The van der Waals surface area contributed by atoms with Crippen LogP contribution >= 0.6 is 0 Å². The van der Waals surface area contributed by atoms with E-state index < -0.39 is 0 Å². The van der Waals surface area contributed by atoms with Gasteiger partial charge >= 0.3 is 0 Å². The number of benzene rings is 1. The number of carbonyl (C=O) groups excluding carboxylic acids is 1. The van der Waals surface area contributed by atoms with Gasteiger partial charge in [-0.25, -0.2) is 0 Å². The van der Waals surface area contributed by atoms with E-state index in [4.69, 9.17) is 4.74 Å². The third-order valence-electron chi connectivity index (χ3n) is 4.72. The minimum absolute atomic E-state index is 0.110. The lowest BCUT2D eigenvalue weighted by Gasteiger charge is -2.11. The van der Waals surface area contributed by atoms with Crippen LogP contribution in [0.5, 0.6) is 0 Å². The van der Waals surface area contributed by atoms with Crippen molar-refractivity contribution in [2.75, 3.05) is 20.3 Å². The van der Waals surface area contributed by atoms with Crippen LogP contribution in [0.4, 0.5) is 0 Å². The van der Waals surface area contributed by atoms with E-state index >= 15 is 0 Å². The summed E-state index contributed by atoms with van der Waals surface area (Å²) in [6.45, 7) is 3.52. The Kier molecular flexibility index (Phi) is 5.42. The normalized spacial score (nSPS) is 11.3. The summed E-state index contributed by atoms with van der Waals surface area (Å²) in [5, 5.41) is 4.61. The standard InChI is InChI=1S/C20H25N3O3/c1-4-5-10-21-19(24)15-13-23(11-12-26-3)20(25)18-17(15)14-8-6-7-9-16(14)22(18)2/h6-9,13H,4-5,10-12H2,1-3H3,(H,21,24). The molecule has 0 unspecified atom stereocenters. The van der Waals surface area contributed by atoms with E-state index in [2.05, 4.69) is 12.2 Å². The van der Waals surface area contributed by atoms with Crippen LogP contribution < -0.4 is 10.9 Å². The number of aryl methyl sites for hydroxylation is 1. The summed E-state index contributed by atoms with van der Waals surface area (Å²) in [7, 11) is 3.46. The zero-order chi connectivity index (χ0) is 18.7. The zero-order valence-electron chi connectivity index (χ0n) is 15.5. The predicted molar refractivity (Wildman–Crippen MR) is 104 cm³/mol. The van der Waals surface area contributed by atoms with Gasteiger partial charge in [-0.15, -0.1) is 0 Å². The molecule has 2 heterocycles. The summed E-state index contributed by atoms with van der Waals surface area (Å²) in [5.74, 6) is -0.147. The van der Waals surface area contributed by atoms with Crippen molar-refractivity contribution >= 4 is 27.7 Å². The van der Waals surface area contributed by atoms with Gasteiger partial charge in [-0.1, -0.05) is 31.5 Å². The molecule has 26 heavy (non-hydrogen) atoms. The van der Waals surface area contributed by atoms with Crippen molar-refractivity contribution in [1.29, 1.82) is 0 Å². The highest BCUT2D eigenvalue weighted by Gasteiger charge is 2.20. The smallest absolute Gasteiger partial charge is 0.275 e. The average molecular weight is 355 g/mol. The van der Waals surface area contributed by atoms with Crippen molar-refractivity contribution in [3.05, 3.63) is 46.4 Å². The van der Waals surface area contributed by atoms with Gasteiger partial charge in [0.25, 0.3) is 11.5 Å². The molecule has 6 nitrogen and oxygen atoms in total. The molecule has 0 atom stereocenters. The van der Waals surface area contributed by atoms with Gasteiger partial charge in [-0.3, -0.25) is 9.59 Å². The maximum atomic E-state index is 13.0. The lowest BCUT2D eigenvalue weighted by Crippen LogP contribution is -2.29. The number of nitrogens with one attached hydrogen (secondary N) is 1. The van der Waals surface area contributed by atoms with E-state index in [0.717, 1.165) is 29.1 Å². The van der Waals surface area contributed by atoms with E-state index in [9.17, 15) is 9.59 Å². The predicted octanol–water partition coefficient (Wildman–Crippen LogP) is 2.67. The first-order valence-electron chi connectivity index (χ1n) is 8.97. The first-order chi connectivity index (χ1) is 12.6. The fourth-order valence-electron chi connectivity index (χ4n) is 3.33. The number of carbonyl (C=O) groups is 1. The SMILES string of the molecule is CCCCNC(=O)c1cn(CCOC)c(=O)c2c1c1ccccc1n2C. The molecular weight excluding hydrogens is 330 g/mol. The number of rotatable bonds is 7. The minimum atomic E-state index is -0.147. The number of para-hydroxylation sites is 1. The molecule has 1 N–H and O–H groups in total. The van der Waals surface area contributed by atoms with Crippen LogP contribution in [-0.4, -0.2) is 35.3 Å². The lowest BCUT2D eigenvalue weighted by molar-refractivity contribution is 0.0953. The van der Waals surface area contributed by atoms with Crippen LogP contribution in [0.1, 0.15) is 30.1 Å². The highest BCUT2D eigenvalue weighted by Crippen LogP contribution is 2.28. The molecule has 1 aromatic carbocycles. The van der Waals surface area contributed by atoms with Gasteiger partial charge in [-0.05, 0) is 12.5 Å². The summed E-state index contributed by atoms with van der Waals surface area (Å²) in [6.07, 6.45) is 3.60. The van der Waals surface area contributed by atoms with Crippen molar-refractivity contribution in [3.63, 3.8) is 0 Å². The topological polar surface area (TPSA) is 65.3 Å². The number of pyridine rings is 1. The summed E-state index contributed by atoms with van der Waals surface area (Å²) in [6, 6.07) is 7.79. The molecule has 0 saturated heterocycles. The molecule has 138 valence electrons. The monoisotopic (exact) mass is 355 g/mol. The van der Waals surface area contributed by atoms with Crippen molar-refractivity contribution in [3.8, 4) is 0 Å². The van der Waals surface area contributed by atoms with Crippen molar-refractivity contribution in [2.24, 2.45) is 7.05 Å². The van der Waals surface area contributed by atoms with Crippen LogP contribution in [0.2, 0.25) is 0 Å². The molecule has 0 bridgehead atoms. The molecule has 2 aromatic heterocycles. The molecule has 0 fully saturated rings. The Morgan fingerprint density at radius 1 is 1.27 bits per heavy atom. The fraction of sp³-hybridized carbons (Fsp3) is 0.400. The largest absolute Gasteiger partial charge is 0.383 e. The Hall–Kier alpha value is -2.60. The second-order valence-corrected chi connectivity index (χ2v) is 6.44. The Bertz CT molecular complexity index is 1000. The second kappa shape index (κ2) is 7.74. The third-order valence-corrected chi connectivity index (χ3v) is 4.72. The molecule has 0 aliphatic heterocycles. The Balaban J connectivity index is 2.26. The van der Waals surface area contributed by atoms with E-state index in [-0.39, 0.29) is 11.5 Å². The zero-order valence-corrected chi connectivity index (χ0v) is 15.5. The summed E-state index contributed by atoms with van der Waals surface area (Å²) < 4.78 is 8.56. The van der Waals surface area contributed by atoms with E-state index in [0.29, 0.717) is 30.8 Å². The number of fused-ring (bicyclic) bond motifs is 3. The molecular formula is C20H25N3O3. The number of methoxy groups -OCH3 is 1. The number of hydrogen-bond acceptors (Lipinski definition) is 3. The first kappa shape index (κ1) is 18.2. The molecule has 3 aromatic rings. The van der Waals surface area contributed by atoms with Crippen molar-refractivity contribution in [1.82, 2.24) is 14.5 Å². The quantitative estimate of drug-likeness (QED) is 0.663. The van der Waals surface area contributed by atoms with Gasteiger partial charge in [0.1, 0.15) is 5.52 Å². The minimum Gasteiger partial charge on any atom is -0.383 e. The maximum absolute atomic E-state index is 13.0. The Labute approximate surface area is 152 Å². The van der Waals surface area contributed by atoms with Crippen LogP contribution in [0.15, 0.2) is 35.3 Å². The van der Waals surface area contributed by atoms with Gasteiger partial charge < -0.3 is 19.2 Å². The van der Waals surface area contributed by atoms with Gasteiger partial charge in [0.05, 0.1) is 12.2 Å². The number of unbranched alkanes of at least 4 members (excludes halogenated alkanes) is 1. The van der Waals surface area contributed by atoms with Crippen molar-refractivity contribution in [2.45, 2.75) is 26.3 Å².